The number of rotatable bonds is 7. The van der Waals surface area contributed by atoms with Gasteiger partial charge in [0.25, 0.3) is 0 Å². The van der Waals surface area contributed by atoms with Crippen LogP contribution >= 0.6 is 0 Å². The molecule has 0 spiro atoms. The second-order valence-corrected chi connectivity index (χ2v) is 8.08. The molecule has 0 amide bonds. The molecule has 0 aliphatic heterocycles. The molecule has 0 heterocycles. The third-order valence-electron chi connectivity index (χ3n) is 6.30. The van der Waals surface area contributed by atoms with Gasteiger partial charge in [-0.05, 0) is 48.1 Å². The Kier molecular flexibility index (Phi) is 6.13. The van der Waals surface area contributed by atoms with Crippen LogP contribution in [0.5, 0.6) is 5.75 Å². The summed E-state index contributed by atoms with van der Waals surface area (Å²) in [5.74, 6) is 1.35. The van der Waals surface area contributed by atoms with Crippen molar-refractivity contribution < 1.29 is 9.53 Å². The largest absolute Gasteiger partial charge is 0.497 e. The number of Topliss-reactive ketones (excluding diaryl/α,β-unsaturated/α-hetero) is 1. The van der Waals surface area contributed by atoms with Crippen molar-refractivity contribution in [1.82, 2.24) is 0 Å². The molecule has 1 aliphatic rings. The van der Waals surface area contributed by atoms with Gasteiger partial charge < -0.3 is 4.74 Å². The Morgan fingerprint density at radius 2 is 1.60 bits per heavy atom. The molecule has 0 radical (unpaired) electrons. The van der Waals surface area contributed by atoms with E-state index in [1.165, 1.54) is 11.1 Å². The summed E-state index contributed by atoms with van der Waals surface area (Å²) in [5, 5.41) is 0. The Morgan fingerprint density at radius 1 is 0.933 bits per heavy atom. The zero-order chi connectivity index (χ0) is 20.8. The van der Waals surface area contributed by atoms with E-state index in [4.69, 9.17) is 4.74 Å². The van der Waals surface area contributed by atoms with Gasteiger partial charge in [0.2, 0.25) is 0 Å². The molecule has 4 rings (SSSR count). The molecular formula is C28H28O2. The number of carbonyl (C=O) groups excluding carboxylic acids is 1. The van der Waals surface area contributed by atoms with Gasteiger partial charge in [0.1, 0.15) is 11.5 Å². The molecule has 0 bridgehead atoms. The number of methoxy groups -OCH3 is 1. The highest BCUT2D eigenvalue weighted by molar-refractivity contribution is 5.92. The standard InChI is InChI=1S/C28H28O2/c1-30-26-18-16-25(17-19-26)28(20-8-13-27(28)29)21-24(23-11-6-3-7-12-23)15-14-22-9-4-2-5-10-22/h2-7,9-12,14-19,24H,8,13,20-21H2,1H3/b15-14+/t24-,28+/m1/s1. The van der Waals surface area contributed by atoms with E-state index in [9.17, 15) is 4.79 Å². The van der Waals surface area contributed by atoms with E-state index in [2.05, 4.69) is 72.8 Å². The van der Waals surface area contributed by atoms with Gasteiger partial charge in [-0.25, -0.2) is 0 Å². The molecule has 2 nitrogen and oxygen atoms in total. The lowest BCUT2D eigenvalue weighted by atomic mass is 9.70. The third kappa shape index (κ3) is 4.23. The molecule has 0 N–H and O–H groups in total. The van der Waals surface area contributed by atoms with Crippen LogP contribution in [0, 0.1) is 0 Å². The van der Waals surface area contributed by atoms with Gasteiger partial charge in [-0.3, -0.25) is 4.79 Å². The van der Waals surface area contributed by atoms with Gasteiger partial charge in [0, 0.05) is 12.3 Å². The van der Waals surface area contributed by atoms with Crippen LogP contribution in [0.1, 0.15) is 48.3 Å². The highest BCUT2D eigenvalue weighted by Crippen LogP contribution is 2.46. The van der Waals surface area contributed by atoms with Crippen molar-refractivity contribution in [3.8, 4) is 5.75 Å². The lowest BCUT2D eigenvalue weighted by molar-refractivity contribution is -0.122. The molecule has 2 heteroatoms. The first kappa shape index (κ1) is 20.2. The summed E-state index contributed by atoms with van der Waals surface area (Å²) in [6.45, 7) is 0. The van der Waals surface area contributed by atoms with Crippen LogP contribution < -0.4 is 4.74 Å². The van der Waals surface area contributed by atoms with Gasteiger partial charge in [0.05, 0.1) is 12.5 Å². The highest BCUT2D eigenvalue weighted by Gasteiger charge is 2.44. The van der Waals surface area contributed by atoms with E-state index in [0.717, 1.165) is 30.6 Å². The number of hydrogen-bond acceptors (Lipinski definition) is 2. The molecule has 1 fully saturated rings. The molecule has 1 aliphatic carbocycles. The molecule has 152 valence electrons. The van der Waals surface area contributed by atoms with Crippen molar-refractivity contribution in [3.63, 3.8) is 0 Å². The summed E-state index contributed by atoms with van der Waals surface area (Å²) >= 11 is 0. The number of ether oxygens (including phenoxy) is 1. The number of carbonyl (C=O) groups is 1. The van der Waals surface area contributed by atoms with Gasteiger partial charge in [-0.1, -0.05) is 84.9 Å². The van der Waals surface area contributed by atoms with E-state index in [-0.39, 0.29) is 5.92 Å². The van der Waals surface area contributed by atoms with Crippen LogP contribution in [-0.2, 0) is 10.2 Å². The maximum Gasteiger partial charge on any atom is 0.143 e. The number of benzene rings is 3. The second-order valence-electron chi connectivity index (χ2n) is 8.08. The maximum absolute atomic E-state index is 13.2. The Bertz CT molecular complexity index is 990. The average Bonchev–Trinajstić information content (AvgIpc) is 3.19. The predicted molar refractivity (Wildman–Crippen MR) is 123 cm³/mol. The third-order valence-corrected chi connectivity index (χ3v) is 6.30. The Labute approximate surface area is 179 Å². The van der Waals surface area contributed by atoms with Crippen molar-refractivity contribution in [1.29, 1.82) is 0 Å². The first-order valence-corrected chi connectivity index (χ1v) is 10.7. The molecule has 30 heavy (non-hydrogen) atoms. The number of allylic oxidation sites excluding steroid dienone is 1. The van der Waals surface area contributed by atoms with E-state index in [1.807, 2.05) is 24.3 Å². The average molecular weight is 397 g/mol. The SMILES string of the molecule is COc1ccc([C@@]2(C[C@@H](/C=C/c3ccccc3)c3ccccc3)CCCC2=O)cc1. The maximum atomic E-state index is 13.2. The van der Waals surface area contributed by atoms with E-state index >= 15 is 0 Å². The van der Waals surface area contributed by atoms with Crippen molar-refractivity contribution in [3.05, 3.63) is 108 Å². The Morgan fingerprint density at radius 3 is 2.20 bits per heavy atom. The molecular weight excluding hydrogens is 368 g/mol. The fraction of sp³-hybridized carbons (Fsp3) is 0.250. The molecule has 3 aromatic carbocycles. The Hall–Kier alpha value is -3.13. The molecule has 3 aromatic rings. The Balaban J connectivity index is 1.71. The van der Waals surface area contributed by atoms with Gasteiger partial charge >= 0.3 is 0 Å². The minimum Gasteiger partial charge on any atom is -0.497 e. The lowest BCUT2D eigenvalue weighted by Gasteiger charge is -2.32. The fourth-order valence-corrected chi connectivity index (χ4v) is 4.64. The van der Waals surface area contributed by atoms with Crippen LogP contribution in [0.4, 0.5) is 0 Å². The van der Waals surface area contributed by atoms with Crippen LogP contribution in [-0.4, -0.2) is 12.9 Å². The zero-order valence-electron chi connectivity index (χ0n) is 17.5. The molecule has 0 aromatic heterocycles. The van der Waals surface area contributed by atoms with Crippen molar-refractivity contribution in [2.24, 2.45) is 0 Å². The summed E-state index contributed by atoms with van der Waals surface area (Å²) in [5.41, 5.74) is 3.10. The van der Waals surface area contributed by atoms with E-state index in [0.29, 0.717) is 12.2 Å². The normalized spacial score (nSPS) is 19.8. The molecule has 0 saturated heterocycles. The first-order chi connectivity index (χ1) is 14.7. The summed E-state index contributed by atoms with van der Waals surface area (Å²) in [7, 11) is 1.67. The van der Waals surface area contributed by atoms with Crippen molar-refractivity contribution in [2.45, 2.75) is 37.0 Å². The van der Waals surface area contributed by atoms with Crippen LogP contribution in [0.25, 0.3) is 6.08 Å². The first-order valence-electron chi connectivity index (χ1n) is 10.7. The smallest absolute Gasteiger partial charge is 0.143 e. The summed E-state index contributed by atoms with van der Waals surface area (Å²) in [6, 6.07) is 29.0. The van der Waals surface area contributed by atoms with Gasteiger partial charge in [-0.2, -0.15) is 0 Å². The van der Waals surface area contributed by atoms with E-state index in [1.54, 1.807) is 7.11 Å². The van der Waals surface area contributed by atoms with Gasteiger partial charge in [-0.15, -0.1) is 0 Å². The van der Waals surface area contributed by atoms with Gasteiger partial charge in [0.15, 0.2) is 0 Å². The zero-order valence-corrected chi connectivity index (χ0v) is 17.5. The molecule has 2 atom stereocenters. The minimum absolute atomic E-state index is 0.163. The summed E-state index contributed by atoms with van der Waals surface area (Å²) < 4.78 is 5.33. The van der Waals surface area contributed by atoms with Crippen molar-refractivity contribution >= 4 is 11.9 Å². The lowest BCUT2D eigenvalue weighted by Crippen LogP contribution is -2.32. The highest BCUT2D eigenvalue weighted by atomic mass is 16.5. The van der Waals surface area contributed by atoms with E-state index < -0.39 is 5.41 Å². The molecule has 0 unspecified atom stereocenters. The number of ketones is 1. The second kappa shape index (κ2) is 9.13. The summed E-state index contributed by atoms with van der Waals surface area (Å²) in [6.07, 6.45) is 7.75. The monoisotopic (exact) mass is 396 g/mol. The predicted octanol–water partition coefficient (Wildman–Crippen LogP) is 6.57. The quantitative estimate of drug-likeness (QED) is 0.451. The minimum atomic E-state index is -0.437. The molecule has 1 saturated carbocycles. The topological polar surface area (TPSA) is 26.3 Å². The van der Waals surface area contributed by atoms with Crippen LogP contribution in [0.2, 0.25) is 0 Å². The summed E-state index contributed by atoms with van der Waals surface area (Å²) in [4.78, 5) is 13.2. The van der Waals surface area contributed by atoms with Crippen LogP contribution in [0.3, 0.4) is 0 Å². The van der Waals surface area contributed by atoms with Crippen LogP contribution in [0.15, 0.2) is 91.0 Å². The number of hydrogen-bond donors (Lipinski definition) is 0. The fourth-order valence-electron chi connectivity index (χ4n) is 4.64. The van der Waals surface area contributed by atoms with Crippen molar-refractivity contribution in [2.75, 3.05) is 7.11 Å².